The quantitative estimate of drug-likeness (QED) is 0.501. The van der Waals surface area contributed by atoms with Crippen molar-refractivity contribution in [1.29, 1.82) is 0 Å². The number of para-hydroxylation sites is 2. The van der Waals surface area contributed by atoms with E-state index in [1.165, 1.54) is 6.92 Å². The van der Waals surface area contributed by atoms with Crippen molar-refractivity contribution < 1.29 is 33.0 Å². The number of imide groups is 1. The van der Waals surface area contributed by atoms with Gasteiger partial charge in [-0.25, -0.2) is 8.78 Å². The molecule has 0 bridgehead atoms. The molecular formula is C26H23F2N3O5. The summed E-state index contributed by atoms with van der Waals surface area (Å²) in [7, 11) is 0. The molecule has 0 aliphatic carbocycles. The van der Waals surface area contributed by atoms with Gasteiger partial charge in [0.15, 0.2) is 18.2 Å². The lowest BCUT2D eigenvalue weighted by Gasteiger charge is -2.35. The Morgan fingerprint density at radius 1 is 1.00 bits per heavy atom. The van der Waals surface area contributed by atoms with Crippen LogP contribution in [0.1, 0.15) is 30.3 Å². The number of anilines is 1. The lowest BCUT2D eigenvalue weighted by atomic mass is 9.97. The molecule has 0 fully saturated rings. The molecule has 0 radical (unpaired) electrons. The van der Waals surface area contributed by atoms with Crippen LogP contribution in [0.25, 0.3) is 0 Å². The van der Waals surface area contributed by atoms with Gasteiger partial charge in [0.25, 0.3) is 11.8 Å². The van der Waals surface area contributed by atoms with E-state index in [4.69, 9.17) is 10.5 Å². The summed E-state index contributed by atoms with van der Waals surface area (Å²) in [5.74, 6) is -4.85. The third kappa shape index (κ3) is 4.95. The molecule has 8 nitrogen and oxygen atoms in total. The van der Waals surface area contributed by atoms with Crippen molar-refractivity contribution in [2.24, 2.45) is 5.73 Å². The molecule has 4 atom stereocenters. The monoisotopic (exact) mass is 495 g/mol. The minimum Gasteiger partial charge on any atom is -0.481 e. The molecular weight excluding hydrogens is 472 g/mol. The highest BCUT2D eigenvalue weighted by Crippen LogP contribution is 2.37. The molecule has 4 rings (SSSR count). The number of nitrogens with two attached hydrogens (primary N) is 1. The van der Waals surface area contributed by atoms with Crippen LogP contribution in [0.2, 0.25) is 0 Å². The fraction of sp³-hybridized carbons (Fsp3) is 0.192. The van der Waals surface area contributed by atoms with Crippen molar-refractivity contribution in [3.63, 3.8) is 0 Å². The van der Waals surface area contributed by atoms with Gasteiger partial charge in [-0.2, -0.15) is 0 Å². The molecule has 186 valence electrons. The molecule has 3 aromatic carbocycles. The smallest absolute Gasteiger partial charge is 0.263 e. The Bertz CT molecular complexity index is 1280. The molecule has 1 aliphatic heterocycles. The predicted molar refractivity (Wildman–Crippen MR) is 125 cm³/mol. The summed E-state index contributed by atoms with van der Waals surface area (Å²) in [5, 5.41) is 13.4. The molecule has 0 aromatic heterocycles. The Morgan fingerprint density at radius 2 is 1.61 bits per heavy atom. The number of nitrogens with one attached hydrogen (secondary N) is 1. The summed E-state index contributed by atoms with van der Waals surface area (Å²) in [6.45, 7) is 1.30. The number of amides is 3. The zero-order valence-corrected chi connectivity index (χ0v) is 19.1. The number of hydrogen-bond acceptors (Lipinski definition) is 6. The molecule has 3 amide bonds. The van der Waals surface area contributed by atoms with Gasteiger partial charge in [0.1, 0.15) is 17.4 Å². The second-order valence-electron chi connectivity index (χ2n) is 8.32. The maximum atomic E-state index is 13.8. The largest absolute Gasteiger partial charge is 0.481 e. The first-order valence-corrected chi connectivity index (χ1v) is 11.1. The van der Waals surface area contributed by atoms with E-state index in [1.807, 2.05) is 0 Å². The van der Waals surface area contributed by atoms with Crippen molar-refractivity contribution in [2.45, 2.75) is 31.2 Å². The van der Waals surface area contributed by atoms with E-state index in [0.29, 0.717) is 22.2 Å². The van der Waals surface area contributed by atoms with E-state index in [0.717, 1.165) is 12.1 Å². The van der Waals surface area contributed by atoms with Crippen LogP contribution >= 0.6 is 0 Å². The molecule has 4 N–H and O–H groups in total. The van der Waals surface area contributed by atoms with Gasteiger partial charge in [-0.1, -0.05) is 42.5 Å². The van der Waals surface area contributed by atoms with Gasteiger partial charge < -0.3 is 20.9 Å². The van der Waals surface area contributed by atoms with Crippen molar-refractivity contribution in [3.05, 3.63) is 95.6 Å². The first-order chi connectivity index (χ1) is 17.2. The number of nitrogens with zero attached hydrogens (tertiary/aromatic N) is 1. The summed E-state index contributed by atoms with van der Waals surface area (Å²) in [5.41, 5.74) is 6.13. The Balaban J connectivity index is 1.84. The van der Waals surface area contributed by atoms with Crippen LogP contribution < -0.4 is 15.8 Å². The number of carbonyl (C=O) groups excluding carboxylic acids is 3. The number of aliphatic hydroxyl groups excluding tert-OH is 1. The second kappa shape index (κ2) is 10.2. The van der Waals surface area contributed by atoms with Crippen molar-refractivity contribution >= 4 is 23.4 Å². The highest BCUT2D eigenvalue weighted by atomic mass is 19.1. The molecule has 1 heterocycles. The number of ether oxygens (including phenoxy) is 1. The van der Waals surface area contributed by atoms with Crippen LogP contribution in [0.3, 0.4) is 0 Å². The molecule has 1 aliphatic rings. The third-order valence-electron chi connectivity index (χ3n) is 5.66. The van der Waals surface area contributed by atoms with E-state index in [2.05, 4.69) is 5.32 Å². The van der Waals surface area contributed by atoms with Crippen LogP contribution in [0.4, 0.5) is 14.5 Å². The normalized spacial score (nSPS) is 18.6. The van der Waals surface area contributed by atoms with Gasteiger partial charge in [0.2, 0.25) is 5.91 Å². The number of benzene rings is 3. The zero-order chi connectivity index (χ0) is 26.0. The predicted octanol–water partition coefficient (Wildman–Crippen LogP) is 2.84. The average molecular weight is 495 g/mol. The molecule has 10 heteroatoms. The Labute approximate surface area is 205 Å². The number of carbonyl (C=O) groups is 3. The number of rotatable bonds is 5. The SMILES string of the molecule is C[C@H](N)C(=O)N(C(=O)[C@H](O)c1cc(F)cc(F)c1)[C@@H]1C(=O)Nc2ccccc2O[C@@H]1c1ccccc1. The summed E-state index contributed by atoms with van der Waals surface area (Å²) < 4.78 is 33.7. The minimum atomic E-state index is -2.17. The zero-order valence-electron chi connectivity index (χ0n) is 19.1. The Kier molecular flexibility index (Phi) is 7.09. The maximum Gasteiger partial charge on any atom is 0.263 e. The number of aliphatic hydroxyl groups is 1. The van der Waals surface area contributed by atoms with Gasteiger partial charge in [-0.05, 0) is 42.3 Å². The maximum absolute atomic E-state index is 13.8. The molecule has 0 saturated heterocycles. The van der Waals surface area contributed by atoms with Crippen LogP contribution in [-0.4, -0.2) is 39.8 Å². The highest BCUT2D eigenvalue weighted by molar-refractivity contribution is 6.07. The van der Waals surface area contributed by atoms with Crippen LogP contribution in [0.5, 0.6) is 5.75 Å². The van der Waals surface area contributed by atoms with E-state index >= 15 is 0 Å². The topological polar surface area (TPSA) is 122 Å². The average Bonchev–Trinajstić information content (AvgIpc) is 2.99. The molecule has 3 aromatic rings. The minimum absolute atomic E-state index is 0.288. The molecule has 0 unspecified atom stereocenters. The van der Waals surface area contributed by atoms with Crippen LogP contribution in [0, 0.1) is 11.6 Å². The summed E-state index contributed by atoms with van der Waals surface area (Å²) in [6, 6.07) is 14.2. The van der Waals surface area contributed by atoms with E-state index < -0.39 is 59.2 Å². The molecule has 0 saturated carbocycles. The van der Waals surface area contributed by atoms with E-state index in [1.54, 1.807) is 54.6 Å². The van der Waals surface area contributed by atoms with Crippen LogP contribution in [0.15, 0.2) is 72.8 Å². The fourth-order valence-electron chi connectivity index (χ4n) is 3.97. The standard InChI is InChI=1S/C26H23F2N3O5/c1-14(29)25(34)31(26(35)22(32)16-11-17(27)13-18(28)12-16)21-23(15-7-3-2-4-8-15)36-20-10-6-5-9-19(20)30-24(21)33/h2-14,21-23,32H,29H2,1H3,(H,30,33)/t14-,21-,22+,23+/m0/s1. The fourth-order valence-corrected chi connectivity index (χ4v) is 3.97. The molecule has 36 heavy (non-hydrogen) atoms. The Morgan fingerprint density at radius 3 is 2.25 bits per heavy atom. The summed E-state index contributed by atoms with van der Waals surface area (Å²) in [4.78, 5) is 40.8. The third-order valence-corrected chi connectivity index (χ3v) is 5.66. The van der Waals surface area contributed by atoms with Crippen molar-refractivity contribution in [3.8, 4) is 5.75 Å². The molecule has 0 spiro atoms. The lowest BCUT2D eigenvalue weighted by molar-refractivity contribution is -0.160. The first kappa shape index (κ1) is 25.0. The van der Waals surface area contributed by atoms with E-state index in [-0.39, 0.29) is 5.75 Å². The number of fused-ring (bicyclic) bond motifs is 1. The number of halogens is 2. The highest BCUT2D eigenvalue weighted by Gasteiger charge is 2.46. The van der Waals surface area contributed by atoms with Gasteiger partial charge in [0.05, 0.1) is 11.7 Å². The van der Waals surface area contributed by atoms with Gasteiger partial charge in [-0.15, -0.1) is 0 Å². The van der Waals surface area contributed by atoms with Crippen molar-refractivity contribution in [1.82, 2.24) is 4.90 Å². The van der Waals surface area contributed by atoms with Crippen LogP contribution in [-0.2, 0) is 14.4 Å². The first-order valence-electron chi connectivity index (χ1n) is 11.1. The number of hydrogen-bond donors (Lipinski definition) is 3. The van der Waals surface area contributed by atoms with Crippen molar-refractivity contribution in [2.75, 3.05) is 5.32 Å². The second-order valence-corrected chi connectivity index (χ2v) is 8.32. The van der Waals surface area contributed by atoms with Gasteiger partial charge in [0, 0.05) is 6.07 Å². The van der Waals surface area contributed by atoms with Gasteiger partial charge >= 0.3 is 0 Å². The van der Waals surface area contributed by atoms with Gasteiger partial charge in [-0.3, -0.25) is 19.3 Å². The Hall–Kier alpha value is -4.15. The van der Waals surface area contributed by atoms with E-state index in [9.17, 15) is 28.3 Å². The summed E-state index contributed by atoms with van der Waals surface area (Å²) >= 11 is 0. The lowest BCUT2D eigenvalue weighted by Crippen LogP contribution is -2.58. The summed E-state index contributed by atoms with van der Waals surface area (Å²) in [6.07, 6.45) is -3.37.